The molecule has 2 heterocycles. The Bertz CT molecular complexity index is 1020. The summed E-state index contributed by atoms with van der Waals surface area (Å²) < 4.78 is 11.1. The maximum atomic E-state index is 12.8. The van der Waals surface area contributed by atoms with E-state index in [2.05, 4.69) is 0 Å². The van der Waals surface area contributed by atoms with Crippen molar-refractivity contribution in [2.75, 3.05) is 0 Å². The summed E-state index contributed by atoms with van der Waals surface area (Å²) in [7, 11) is 0. The number of β-lactam (4-membered cyclic amide) rings is 1. The number of carbonyl (C=O) groups excluding carboxylic acids is 2. The fourth-order valence-corrected chi connectivity index (χ4v) is 3.48. The van der Waals surface area contributed by atoms with Crippen LogP contribution in [0.2, 0.25) is 0 Å². The van der Waals surface area contributed by atoms with E-state index in [0.717, 1.165) is 0 Å². The Morgan fingerprint density at radius 1 is 1.03 bits per heavy atom. The lowest BCUT2D eigenvalue weighted by molar-refractivity contribution is -0.385. The highest BCUT2D eigenvalue weighted by Crippen LogP contribution is 2.42. The van der Waals surface area contributed by atoms with Gasteiger partial charge in [-0.1, -0.05) is 0 Å². The number of amides is 1. The minimum atomic E-state index is -1.02. The number of rotatable bonds is 6. The van der Waals surface area contributed by atoms with Gasteiger partial charge in [0.15, 0.2) is 6.04 Å². The molecule has 0 spiro atoms. The molecule has 3 atom stereocenters. The fraction of sp³-hybridized carbons (Fsp3) is 0.263. The summed E-state index contributed by atoms with van der Waals surface area (Å²) >= 11 is 0. The molecule has 2 saturated heterocycles. The smallest absolute Gasteiger partial charge is 0.332 e. The van der Waals surface area contributed by atoms with E-state index < -0.39 is 34.2 Å². The van der Waals surface area contributed by atoms with Crippen LogP contribution in [0.25, 0.3) is 0 Å². The summed E-state index contributed by atoms with van der Waals surface area (Å²) in [6.45, 7) is -0.132. The third-order valence-electron chi connectivity index (χ3n) is 5.04. The van der Waals surface area contributed by atoms with Crippen LogP contribution in [-0.4, -0.2) is 38.9 Å². The molecule has 0 aromatic heterocycles. The topological polar surface area (TPSA) is 142 Å². The van der Waals surface area contributed by atoms with Gasteiger partial charge in [0.25, 0.3) is 11.4 Å². The van der Waals surface area contributed by atoms with E-state index in [9.17, 15) is 29.8 Å². The summed E-state index contributed by atoms with van der Waals surface area (Å²) in [4.78, 5) is 46.6. The Morgan fingerprint density at radius 2 is 1.60 bits per heavy atom. The lowest BCUT2D eigenvalue weighted by Crippen LogP contribution is -2.55. The van der Waals surface area contributed by atoms with Crippen LogP contribution in [0.4, 0.5) is 11.4 Å². The second-order valence-electron chi connectivity index (χ2n) is 6.84. The van der Waals surface area contributed by atoms with Crippen LogP contribution in [0.1, 0.15) is 23.7 Å². The highest BCUT2D eigenvalue weighted by Gasteiger charge is 2.56. The first-order valence-corrected chi connectivity index (χ1v) is 8.96. The zero-order valence-electron chi connectivity index (χ0n) is 15.4. The molecule has 2 aliphatic heterocycles. The first kappa shape index (κ1) is 19.5. The van der Waals surface area contributed by atoms with E-state index >= 15 is 0 Å². The van der Waals surface area contributed by atoms with Crippen LogP contribution in [0.15, 0.2) is 48.5 Å². The average molecular weight is 413 g/mol. The van der Waals surface area contributed by atoms with Gasteiger partial charge >= 0.3 is 5.97 Å². The lowest BCUT2D eigenvalue weighted by atomic mass is 10.00. The monoisotopic (exact) mass is 413 g/mol. The number of ether oxygens (including phenoxy) is 2. The normalized spacial score (nSPS) is 22.2. The number of nitro benzene ring substituents is 2. The molecule has 154 valence electrons. The number of non-ortho nitro benzene ring substituents is 2. The summed E-state index contributed by atoms with van der Waals surface area (Å²) in [6.07, 6.45) is -1.21. The Balaban J connectivity index is 1.50. The van der Waals surface area contributed by atoms with Crippen molar-refractivity contribution < 1.29 is 28.9 Å². The van der Waals surface area contributed by atoms with E-state index in [4.69, 9.17) is 9.47 Å². The number of esters is 1. The molecule has 11 heteroatoms. The Kier molecular flexibility index (Phi) is 4.88. The van der Waals surface area contributed by atoms with Gasteiger partial charge in [-0.05, 0) is 35.4 Å². The van der Waals surface area contributed by atoms with Crippen LogP contribution in [0, 0.1) is 20.2 Å². The number of fused-ring (bicyclic) bond motifs is 1. The molecule has 0 N–H and O–H groups in total. The molecule has 0 radical (unpaired) electrons. The number of benzene rings is 2. The van der Waals surface area contributed by atoms with Crippen LogP contribution >= 0.6 is 0 Å². The van der Waals surface area contributed by atoms with Gasteiger partial charge in [0.05, 0.1) is 16.3 Å². The van der Waals surface area contributed by atoms with Gasteiger partial charge in [0.2, 0.25) is 5.91 Å². The molecule has 2 fully saturated rings. The molecule has 2 aromatic rings. The molecular formula is C19H15N3O8. The van der Waals surface area contributed by atoms with Gasteiger partial charge in [-0.25, -0.2) is 4.79 Å². The second-order valence-corrected chi connectivity index (χ2v) is 6.84. The number of nitrogens with zero attached hydrogens (tertiary/aromatic N) is 3. The van der Waals surface area contributed by atoms with E-state index in [1.807, 2.05) is 0 Å². The maximum absolute atomic E-state index is 12.8. The van der Waals surface area contributed by atoms with Crippen molar-refractivity contribution >= 4 is 23.3 Å². The largest absolute Gasteiger partial charge is 0.459 e. The van der Waals surface area contributed by atoms with Gasteiger partial charge in [0.1, 0.15) is 18.9 Å². The third-order valence-corrected chi connectivity index (χ3v) is 5.04. The van der Waals surface area contributed by atoms with Crippen molar-refractivity contribution in [3.05, 3.63) is 79.9 Å². The summed E-state index contributed by atoms with van der Waals surface area (Å²) in [5.41, 5.74) is 0.876. The number of nitro groups is 2. The fourth-order valence-electron chi connectivity index (χ4n) is 3.48. The minimum Gasteiger partial charge on any atom is -0.459 e. The van der Waals surface area contributed by atoms with Gasteiger partial charge in [-0.3, -0.25) is 29.9 Å². The molecule has 4 rings (SSSR count). The van der Waals surface area contributed by atoms with Gasteiger partial charge in [0, 0.05) is 24.3 Å². The Hall–Kier alpha value is -3.86. The van der Waals surface area contributed by atoms with Crippen molar-refractivity contribution in [1.82, 2.24) is 4.90 Å². The zero-order valence-corrected chi connectivity index (χ0v) is 15.4. The summed E-state index contributed by atoms with van der Waals surface area (Å²) in [6, 6.07) is 10.1. The summed E-state index contributed by atoms with van der Waals surface area (Å²) in [5, 5.41) is 21.6. The molecule has 0 aliphatic carbocycles. The van der Waals surface area contributed by atoms with E-state index in [1.165, 1.54) is 53.4 Å². The van der Waals surface area contributed by atoms with E-state index in [-0.39, 0.29) is 30.3 Å². The van der Waals surface area contributed by atoms with Crippen LogP contribution in [0.3, 0.4) is 0 Å². The van der Waals surface area contributed by atoms with Crippen molar-refractivity contribution in [3.63, 3.8) is 0 Å². The first-order chi connectivity index (χ1) is 14.3. The van der Waals surface area contributed by atoms with Crippen molar-refractivity contribution in [2.24, 2.45) is 0 Å². The third kappa shape index (κ3) is 3.46. The first-order valence-electron chi connectivity index (χ1n) is 8.96. The van der Waals surface area contributed by atoms with Crippen molar-refractivity contribution in [3.8, 4) is 0 Å². The predicted molar refractivity (Wildman–Crippen MR) is 98.9 cm³/mol. The number of carbonyl (C=O) groups is 2. The maximum Gasteiger partial charge on any atom is 0.332 e. The van der Waals surface area contributed by atoms with Crippen LogP contribution in [0.5, 0.6) is 0 Å². The molecular weight excluding hydrogens is 398 g/mol. The highest BCUT2D eigenvalue weighted by atomic mass is 16.6. The van der Waals surface area contributed by atoms with Crippen LogP contribution < -0.4 is 0 Å². The van der Waals surface area contributed by atoms with Crippen LogP contribution in [-0.2, 0) is 25.7 Å². The van der Waals surface area contributed by atoms with Gasteiger partial charge in [-0.15, -0.1) is 0 Å². The average Bonchev–Trinajstić information content (AvgIpc) is 3.05. The zero-order chi connectivity index (χ0) is 21.4. The standard InChI is InChI=1S/C19H15N3O8/c23-15-9-16-20(15)17(18(30-16)12-3-7-14(8-4-12)22(27)28)19(24)29-10-11-1-5-13(6-2-11)21(25)26/h1-8,16-18H,9-10H2/t16-,17-,18-/m1/s1. The molecule has 2 aromatic carbocycles. The van der Waals surface area contributed by atoms with Crippen molar-refractivity contribution in [2.45, 2.75) is 31.4 Å². The van der Waals surface area contributed by atoms with E-state index in [1.54, 1.807) is 0 Å². The molecule has 30 heavy (non-hydrogen) atoms. The number of hydrogen-bond acceptors (Lipinski definition) is 8. The minimum absolute atomic E-state index is 0.0819. The van der Waals surface area contributed by atoms with Gasteiger partial charge in [-0.2, -0.15) is 0 Å². The summed E-state index contributed by atoms with van der Waals surface area (Å²) in [5.74, 6) is -0.936. The SMILES string of the molecule is O=C(OCc1ccc([N+](=O)[O-])cc1)[C@H]1[C@@H](c2ccc([N+](=O)[O-])cc2)O[C@@H]2CC(=O)N21. The molecule has 1 amide bonds. The van der Waals surface area contributed by atoms with E-state index in [0.29, 0.717) is 11.1 Å². The lowest BCUT2D eigenvalue weighted by Gasteiger charge is -2.35. The molecule has 11 nitrogen and oxygen atoms in total. The Labute approximate surface area is 169 Å². The molecule has 2 aliphatic rings. The Morgan fingerprint density at radius 3 is 2.13 bits per heavy atom. The molecule has 0 saturated carbocycles. The highest BCUT2D eigenvalue weighted by molar-refractivity contribution is 5.90. The van der Waals surface area contributed by atoms with Crippen molar-refractivity contribution in [1.29, 1.82) is 0 Å². The second kappa shape index (κ2) is 7.52. The quantitative estimate of drug-likeness (QED) is 0.304. The molecule has 0 unspecified atom stereocenters. The van der Waals surface area contributed by atoms with Gasteiger partial charge < -0.3 is 9.47 Å². The molecule has 0 bridgehead atoms. The predicted octanol–water partition coefficient (Wildman–Crippen LogP) is 2.24. The number of hydrogen-bond donors (Lipinski definition) is 0.